The molecule has 0 unspecified atom stereocenters. The lowest BCUT2D eigenvalue weighted by Crippen LogP contribution is -2.41. The number of thiazole rings is 1. The predicted octanol–water partition coefficient (Wildman–Crippen LogP) is 4.31. The molecular weight excluding hydrogens is 391 g/mol. The molecule has 2 aromatic carbocycles. The summed E-state index contributed by atoms with van der Waals surface area (Å²) in [6.45, 7) is 2.47. The normalized spacial score (nSPS) is 16.8. The van der Waals surface area contributed by atoms with E-state index >= 15 is 0 Å². The minimum atomic E-state index is -0.697. The van der Waals surface area contributed by atoms with Crippen LogP contribution in [0.5, 0.6) is 0 Å². The number of fused-ring (bicyclic) bond motifs is 1. The Kier molecular flexibility index (Phi) is 5.58. The summed E-state index contributed by atoms with van der Waals surface area (Å²) >= 11 is 1.67. The van der Waals surface area contributed by atoms with Gasteiger partial charge in [0.05, 0.1) is 20.8 Å². The third-order valence-corrected chi connectivity index (χ3v) is 6.37. The fourth-order valence-corrected chi connectivity index (χ4v) is 4.58. The number of aromatic nitrogens is 1. The molecule has 1 saturated heterocycles. The van der Waals surface area contributed by atoms with Crippen LogP contribution < -0.4 is 0 Å². The molecular formula is C22H21FN2O3S. The van der Waals surface area contributed by atoms with E-state index in [1.807, 2.05) is 18.2 Å². The van der Waals surface area contributed by atoms with Crippen molar-refractivity contribution in [2.75, 3.05) is 19.7 Å². The Bertz CT molecular complexity index is 1030. The van der Waals surface area contributed by atoms with Gasteiger partial charge >= 0.3 is 5.97 Å². The van der Waals surface area contributed by atoms with Crippen LogP contribution in [0.3, 0.4) is 0 Å². The van der Waals surface area contributed by atoms with Crippen molar-refractivity contribution < 1.29 is 18.7 Å². The molecule has 1 aromatic heterocycles. The quantitative estimate of drug-likeness (QED) is 0.599. The third-order valence-electron chi connectivity index (χ3n) is 5.17. The van der Waals surface area contributed by atoms with E-state index in [9.17, 15) is 14.0 Å². The first-order valence-corrected chi connectivity index (χ1v) is 10.4. The maximum absolute atomic E-state index is 13.6. The topological polar surface area (TPSA) is 59.5 Å². The molecule has 3 aromatic rings. The summed E-state index contributed by atoms with van der Waals surface area (Å²) in [5, 5.41) is 1.04. The molecule has 1 aliphatic heterocycles. The van der Waals surface area contributed by atoms with E-state index in [0.29, 0.717) is 18.7 Å². The van der Waals surface area contributed by atoms with Gasteiger partial charge in [-0.2, -0.15) is 0 Å². The van der Waals surface area contributed by atoms with E-state index in [0.717, 1.165) is 34.1 Å². The monoisotopic (exact) mass is 412 g/mol. The molecule has 1 amide bonds. The molecule has 0 saturated carbocycles. The summed E-state index contributed by atoms with van der Waals surface area (Å²) in [6, 6.07) is 12.2. The molecule has 1 fully saturated rings. The van der Waals surface area contributed by atoms with Crippen LogP contribution in [0.4, 0.5) is 4.39 Å². The maximum atomic E-state index is 13.6. The van der Waals surface area contributed by atoms with Crippen molar-refractivity contribution in [3.05, 3.63) is 64.4 Å². The molecule has 0 radical (unpaired) electrons. The van der Waals surface area contributed by atoms with Crippen molar-refractivity contribution in [1.29, 1.82) is 0 Å². The van der Waals surface area contributed by atoms with Gasteiger partial charge < -0.3 is 9.64 Å². The number of hydrogen-bond acceptors (Lipinski definition) is 5. The van der Waals surface area contributed by atoms with Crippen molar-refractivity contribution in [1.82, 2.24) is 9.88 Å². The molecule has 1 atom stereocenters. The van der Waals surface area contributed by atoms with Gasteiger partial charge in [-0.15, -0.1) is 11.3 Å². The molecule has 0 spiro atoms. The summed E-state index contributed by atoms with van der Waals surface area (Å²) in [4.78, 5) is 31.1. The molecule has 0 bridgehead atoms. The molecule has 0 N–H and O–H groups in total. The Morgan fingerprint density at radius 3 is 2.90 bits per heavy atom. The van der Waals surface area contributed by atoms with Crippen molar-refractivity contribution in [2.24, 2.45) is 0 Å². The fourth-order valence-electron chi connectivity index (χ4n) is 3.49. The summed E-state index contributed by atoms with van der Waals surface area (Å²) in [5.74, 6) is -1.22. The number of amides is 1. The number of nitrogens with zero attached hydrogens (tertiary/aromatic N) is 2. The van der Waals surface area contributed by atoms with Crippen LogP contribution in [0, 0.1) is 12.7 Å². The van der Waals surface area contributed by atoms with Crippen molar-refractivity contribution >= 4 is 33.4 Å². The van der Waals surface area contributed by atoms with Gasteiger partial charge in [-0.05, 0) is 49.6 Å². The highest BCUT2D eigenvalue weighted by Crippen LogP contribution is 2.33. The number of carbonyl (C=O) groups is 2. The Balaban J connectivity index is 1.37. The lowest BCUT2D eigenvalue weighted by molar-refractivity contribution is -0.135. The number of carbonyl (C=O) groups excluding carboxylic acids is 2. The van der Waals surface area contributed by atoms with E-state index in [-0.39, 0.29) is 24.0 Å². The van der Waals surface area contributed by atoms with Crippen LogP contribution in [-0.4, -0.2) is 41.5 Å². The van der Waals surface area contributed by atoms with Crippen molar-refractivity contribution in [3.8, 4) is 0 Å². The fraction of sp³-hybridized carbons (Fsp3) is 0.318. The van der Waals surface area contributed by atoms with Crippen LogP contribution in [-0.2, 0) is 9.53 Å². The Morgan fingerprint density at radius 1 is 1.28 bits per heavy atom. The number of rotatable bonds is 4. The van der Waals surface area contributed by atoms with Crippen LogP contribution >= 0.6 is 11.3 Å². The number of hydrogen-bond donors (Lipinski definition) is 0. The molecule has 0 aliphatic carbocycles. The largest absolute Gasteiger partial charge is 0.452 e. The number of halogens is 1. The number of likely N-dealkylation sites (tertiary alicyclic amines) is 1. The minimum Gasteiger partial charge on any atom is -0.452 e. The smallest absolute Gasteiger partial charge is 0.338 e. The Labute approximate surface area is 172 Å². The van der Waals surface area contributed by atoms with E-state index < -0.39 is 11.8 Å². The van der Waals surface area contributed by atoms with Gasteiger partial charge in [0.2, 0.25) is 0 Å². The van der Waals surface area contributed by atoms with Gasteiger partial charge in [0.25, 0.3) is 5.91 Å². The van der Waals surface area contributed by atoms with Gasteiger partial charge in [-0.1, -0.05) is 18.2 Å². The van der Waals surface area contributed by atoms with E-state index in [1.54, 1.807) is 23.2 Å². The first kappa shape index (κ1) is 19.5. The minimum absolute atomic E-state index is 0.104. The molecule has 150 valence electrons. The van der Waals surface area contributed by atoms with E-state index in [1.165, 1.54) is 12.1 Å². The van der Waals surface area contributed by atoms with Gasteiger partial charge in [-0.3, -0.25) is 4.79 Å². The second kappa shape index (κ2) is 8.29. The van der Waals surface area contributed by atoms with Gasteiger partial charge in [-0.25, -0.2) is 14.2 Å². The standard InChI is InChI=1S/C22H21FN2O3S/c1-14-8-9-15(11-17(14)23)22(27)28-13-20(26)25-10-4-5-16(12-25)21-24-18-6-2-3-7-19(18)29-21/h2-3,6-9,11,16H,4-5,10,12-13H2,1H3/t16-/m1/s1. The second-order valence-corrected chi connectivity index (χ2v) is 8.30. The zero-order chi connectivity index (χ0) is 20.4. The number of aryl methyl sites for hydroxylation is 1. The second-order valence-electron chi connectivity index (χ2n) is 7.24. The Hall–Kier alpha value is -2.80. The number of benzene rings is 2. The molecule has 7 heteroatoms. The average molecular weight is 412 g/mol. The summed E-state index contributed by atoms with van der Waals surface area (Å²) in [6.07, 6.45) is 1.86. The SMILES string of the molecule is Cc1ccc(C(=O)OCC(=O)N2CCC[C@@H](c3nc4ccccc4s3)C2)cc1F. The molecule has 29 heavy (non-hydrogen) atoms. The van der Waals surface area contributed by atoms with Crippen molar-refractivity contribution in [2.45, 2.75) is 25.7 Å². The first-order valence-electron chi connectivity index (χ1n) is 9.58. The third kappa shape index (κ3) is 4.29. The van der Waals surface area contributed by atoms with Crippen LogP contribution in [0.1, 0.15) is 39.7 Å². The lowest BCUT2D eigenvalue weighted by atomic mass is 9.99. The van der Waals surface area contributed by atoms with E-state index in [2.05, 4.69) is 6.07 Å². The molecule has 2 heterocycles. The summed E-state index contributed by atoms with van der Waals surface area (Å²) in [7, 11) is 0. The number of esters is 1. The highest BCUT2D eigenvalue weighted by molar-refractivity contribution is 7.18. The predicted molar refractivity (Wildman–Crippen MR) is 110 cm³/mol. The van der Waals surface area contributed by atoms with Gasteiger partial charge in [0, 0.05) is 19.0 Å². The number of ether oxygens (including phenoxy) is 1. The van der Waals surface area contributed by atoms with Crippen LogP contribution in [0.25, 0.3) is 10.2 Å². The summed E-state index contributed by atoms with van der Waals surface area (Å²) in [5.41, 5.74) is 1.54. The van der Waals surface area contributed by atoms with Crippen LogP contribution in [0.2, 0.25) is 0 Å². The highest BCUT2D eigenvalue weighted by atomic mass is 32.1. The Morgan fingerprint density at radius 2 is 2.10 bits per heavy atom. The van der Waals surface area contributed by atoms with Gasteiger partial charge in [0.1, 0.15) is 5.82 Å². The number of para-hydroxylation sites is 1. The van der Waals surface area contributed by atoms with Gasteiger partial charge in [0.15, 0.2) is 6.61 Å². The molecule has 5 nitrogen and oxygen atoms in total. The number of piperidine rings is 1. The first-order chi connectivity index (χ1) is 14.0. The zero-order valence-electron chi connectivity index (χ0n) is 16.1. The average Bonchev–Trinajstić information content (AvgIpc) is 3.18. The van der Waals surface area contributed by atoms with Crippen LogP contribution in [0.15, 0.2) is 42.5 Å². The lowest BCUT2D eigenvalue weighted by Gasteiger charge is -2.31. The summed E-state index contributed by atoms with van der Waals surface area (Å²) < 4.78 is 19.9. The zero-order valence-corrected chi connectivity index (χ0v) is 16.9. The highest BCUT2D eigenvalue weighted by Gasteiger charge is 2.27. The maximum Gasteiger partial charge on any atom is 0.338 e. The molecule has 4 rings (SSSR count). The van der Waals surface area contributed by atoms with Crippen molar-refractivity contribution in [3.63, 3.8) is 0 Å². The van der Waals surface area contributed by atoms with E-state index in [4.69, 9.17) is 9.72 Å². The molecule has 1 aliphatic rings.